The van der Waals surface area contributed by atoms with Crippen LogP contribution in [0.4, 0.5) is 10.9 Å². The molecule has 1 unspecified atom stereocenters. The first-order valence-corrected chi connectivity index (χ1v) is 7.43. The Morgan fingerprint density at radius 3 is 2.95 bits per heavy atom. The van der Waals surface area contributed by atoms with Crippen molar-refractivity contribution in [3.63, 3.8) is 0 Å². The molecule has 2 aromatic rings. The van der Waals surface area contributed by atoms with Crippen molar-refractivity contribution >= 4 is 39.5 Å². The number of nitrogen functional groups attached to an aromatic ring is 1. The number of carbonyl (C=O) groups is 1. The predicted octanol–water partition coefficient (Wildman–Crippen LogP) is 1.76. The standard InChI is InChI=1S/C11H15N5OS2/c1-6(10-14-3-4-18-10)5-15-9(17)7-8(12)16-11(13-2)19-7/h3-4,6H,5,12H2,1-2H3,(H,13,16)(H,15,17). The second kappa shape index (κ2) is 5.98. The first-order chi connectivity index (χ1) is 9.11. The lowest BCUT2D eigenvalue weighted by molar-refractivity contribution is 0.0956. The highest BCUT2D eigenvalue weighted by Crippen LogP contribution is 2.24. The lowest BCUT2D eigenvalue weighted by atomic mass is 10.2. The Hall–Kier alpha value is -1.67. The van der Waals surface area contributed by atoms with Gasteiger partial charge in [0.25, 0.3) is 5.91 Å². The number of hydrogen-bond donors (Lipinski definition) is 3. The third-order valence-corrected chi connectivity index (χ3v) is 4.61. The number of anilines is 2. The maximum atomic E-state index is 12.0. The summed E-state index contributed by atoms with van der Waals surface area (Å²) in [5.41, 5.74) is 5.71. The van der Waals surface area contributed by atoms with Crippen LogP contribution in [0.15, 0.2) is 11.6 Å². The van der Waals surface area contributed by atoms with Gasteiger partial charge in [0, 0.05) is 31.1 Å². The van der Waals surface area contributed by atoms with Crippen LogP contribution < -0.4 is 16.4 Å². The Bertz CT molecular complexity index is 551. The summed E-state index contributed by atoms with van der Waals surface area (Å²) in [6.07, 6.45) is 1.76. The van der Waals surface area contributed by atoms with Crippen molar-refractivity contribution in [3.8, 4) is 0 Å². The molecule has 0 aliphatic rings. The minimum atomic E-state index is -0.195. The molecule has 19 heavy (non-hydrogen) atoms. The van der Waals surface area contributed by atoms with Crippen LogP contribution in [0.2, 0.25) is 0 Å². The average molecular weight is 297 g/mol. The lowest BCUT2D eigenvalue weighted by Crippen LogP contribution is -2.27. The van der Waals surface area contributed by atoms with Gasteiger partial charge in [0.1, 0.15) is 10.7 Å². The fraction of sp³-hybridized carbons (Fsp3) is 0.364. The number of nitrogens with two attached hydrogens (primary N) is 1. The van der Waals surface area contributed by atoms with Crippen molar-refractivity contribution in [2.75, 3.05) is 24.6 Å². The number of carbonyl (C=O) groups excluding carboxylic acids is 1. The van der Waals surface area contributed by atoms with E-state index in [2.05, 4.69) is 20.6 Å². The molecule has 8 heteroatoms. The molecule has 6 nitrogen and oxygen atoms in total. The maximum absolute atomic E-state index is 12.0. The number of nitrogens with one attached hydrogen (secondary N) is 2. The van der Waals surface area contributed by atoms with E-state index < -0.39 is 0 Å². The van der Waals surface area contributed by atoms with Gasteiger partial charge >= 0.3 is 0 Å². The molecule has 0 aromatic carbocycles. The minimum Gasteiger partial charge on any atom is -0.382 e. The maximum Gasteiger partial charge on any atom is 0.265 e. The summed E-state index contributed by atoms with van der Waals surface area (Å²) in [6.45, 7) is 2.55. The second-order valence-electron chi connectivity index (χ2n) is 3.96. The number of thiazole rings is 2. The molecule has 2 heterocycles. The van der Waals surface area contributed by atoms with Gasteiger partial charge < -0.3 is 16.4 Å². The Morgan fingerprint density at radius 2 is 2.37 bits per heavy atom. The minimum absolute atomic E-state index is 0.182. The molecular formula is C11H15N5OS2. The van der Waals surface area contributed by atoms with Gasteiger partial charge in [0.2, 0.25) is 0 Å². The Balaban J connectivity index is 1.95. The summed E-state index contributed by atoms with van der Waals surface area (Å²) in [7, 11) is 1.74. The second-order valence-corrected chi connectivity index (χ2v) is 5.89. The zero-order valence-corrected chi connectivity index (χ0v) is 12.3. The number of hydrogen-bond acceptors (Lipinski definition) is 7. The van der Waals surface area contributed by atoms with E-state index >= 15 is 0 Å². The van der Waals surface area contributed by atoms with Crippen LogP contribution in [-0.4, -0.2) is 29.5 Å². The van der Waals surface area contributed by atoms with E-state index in [9.17, 15) is 4.79 Å². The quantitative estimate of drug-likeness (QED) is 0.782. The SMILES string of the molecule is CNc1nc(N)c(C(=O)NCC(C)c2nccs2)s1. The zero-order valence-electron chi connectivity index (χ0n) is 10.6. The van der Waals surface area contributed by atoms with Gasteiger partial charge in [0.05, 0.1) is 5.01 Å². The molecule has 1 atom stereocenters. The van der Waals surface area contributed by atoms with Gasteiger partial charge in [-0.3, -0.25) is 4.79 Å². The molecule has 102 valence electrons. The van der Waals surface area contributed by atoms with E-state index in [4.69, 9.17) is 5.73 Å². The summed E-state index contributed by atoms with van der Waals surface area (Å²) < 4.78 is 0. The number of nitrogens with zero attached hydrogens (tertiary/aromatic N) is 2. The molecule has 1 amide bonds. The van der Waals surface area contributed by atoms with Gasteiger partial charge in [0.15, 0.2) is 5.13 Å². The van der Waals surface area contributed by atoms with Crippen molar-refractivity contribution in [2.24, 2.45) is 0 Å². The molecular weight excluding hydrogens is 282 g/mol. The first kappa shape index (κ1) is 13.8. The third kappa shape index (κ3) is 3.21. The molecule has 0 aliphatic carbocycles. The molecule has 0 saturated carbocycles. The predicted molar refractivity (Wildman–Crippen MR) is 78.9 cm³/mol. The molecule has 0 bridgehead atoms. The first-order valence-electron chi connectivity index (χ1n) is 5.73. The summed E-state index contributed by atoms with van der Waals surface area (Å²) in [6, 6.07) is 0. The van der Waals surface area contributed by atoms with Gasteiger partial charge in [-0.25, -0.2) is 9.97 Å². The van der Waals surface area contributed by atoms with E-state index in [1.54, 1.807) is 24.6 Å². The molecule has 0 aliphatic heterocycles. The largest absolute Gasteiger partial charge is 0.382 e. The summed E-state index contributed by atoms with van der Waals surface area (Å²) in [4.78, 5) is 20.7. The van der Waals surface area contributed by atoms with Crippen molar-refractivity contribution in [1.29, 1.82) is 0 Å². The van der Waals surface area contributed by atoms with Crippen LogP contribution >= 0.6 is 22.7 Å². The van der Waals surface area contributed by atoms with E-state index in [0.29, 0.717) is 16.6 Å². The number of rotatable bonds is 5. The lowest BCUT2D eigenvalue weighted by Gasteiger charge is -2.09. The topological polar surface area (TPSA) is 92.9 Å². The average Bonchev–Trinajstić information content (AvgIpc) is 3.04. The summed E-state index contributed by atoms with van der Waals surface area (Å²) in [5, 5.41) is 9.29. The molecule has 0 fully saturated rings. The van der Waals surface area contributed by atoms with E-state index in [0.717, 1.165) is 5.01 Å². The van der Waals surface area contributed by atoms with Gasteiger partial charge in [-0.15, -0.1) is 11.3 Å². The van der Waals surface area contributed by atoms with E-state index in [-0.39, 0.29) is 17.6 Å². The smallest absolute Gasteiger partial charge is 0.265 e. The van der Waals surface area contributed by atoms with Crippen molar-refractivity contribution in [1.82, 2.24) is 15.3 Å². The molecule has 0 spiro atoms. The highest BCUT2D eigenvalue weighted by atomic mass is 32.1. The monoisotopic (exact) mass is 297 g/mol. The fourth-order valence-corrected chi connectivity index (χ4v) is 2.95. The molecule has 4 N–H and O–H groups in total. The van der Waals surface area contributed by atoms with Gasteiger partial charge in [-0.05, 0) is 0 Å². The number of amides is 1. The van der Waals surface area contributed by atoms with Gasteiger partial charge in [-0.1, -0.05) is 18.3 Å². The normalized spacial score (nSPS) is 12.1. The molecule has 0 radical (unpaired) electrons. The van der Waals surface area contributed by atoms with Crippen molar-refractivity contribution in [3.05, 3.63) is 21.5 Å². The number of aromatic nitrogens is 2. The van der Waals surface area contributed by atoms with Crippen molar-refractivity contribution in [2.45, 2.75) is 12.8 Å². The van der Waals surface area contributed by atoms with E-state index in [1.165, 1.54) is 11.3 Å². The fourth-order valence-electron chi connectivity index (χ4n) is 1.49. The summed E-state index contributed by atoms with van der Waals surface area (Å²) in [5.74, 6) is 0.246. The van der Waals surface area contributed by atoms with E-state index in [1.807, 2.05) is 12.3 Å². The Kier molecular flexibility index (Phi) is 4.33. The van der Waals surface area contributed by atoms with Crippen LogP contribution in [0.25, 0.3) is 0 Å². The van der Waals surface area contributed by atoms with Crippen LogP contribution in [0.3, 0.4) is 0 Å². The molecule has 2 rings (SSSR count). The van der Waals surface area contributed by atoms with Crippen LogP contribution in [0.5, 0.6) is 0 Å². The molecule has 0 saturated heterocycles. The zero-order chi connectivity index (χ0) is 13.8. The van der Waals surface area contributed by atoms with Crippen LogP contribution in [0, 0.1) is 0 Å². The van der Waals surface area contributed by atoms with Crippen molar-refractivity contribution < 1.29 is 4.79 Å². The third-order valence-electron chi connectivity index (χ3n) is 2.52. The Labute approximate surface area is 119 Å². The molecule has 2 aromatic heterocycles. The highest BCUT2D eigenvalue weighted by Gasteiger charge is 2.17. The Morgan fingerprint density at radius 1 is 1.58 bits per heavy atom. The highest BCUT2D eigenvalue weighted by molar-refractivity contribution is 7.18. The summed E-state index contributed by atoms with van der Waals surface area (Å²) >= 11 is 2.83. The van der Waals surface area contributed by atoms with Crippen LogP contribution in [-0.2, 0) is 0 Å². The van der Waals surface area contributed by atoms with Crippen LogP contribution in [0.1, 0.15) is 27.5 Å². The van der Waals surface area contributed by atoms with Gasteiger partial charge in [-0.2, -0.15) is 0 Å².